The number of ketones is 1. The van der Waals surface area contributed by atoms with Gasteiger partial charge in [0.05, 0.1) is 25.7 Å². The number of Topliss-reactive ketones (excluding diaryl/α,β-unsaturated/α-hetero) is 1. The van der Waals surface area contributed by atoms with E-state index < -0.39 is 41.1 Å². The van der Waals surface area contributed by atoms with Crippen molar-refractivity contribution < 1.29 is 34.1 Å². The summed E-state index contributed by atoms with van der Waals surface area (Å²) in [6.07, 6.45) is -0.373. The molecule has 0 heterocycles. The predicted molar refractivity (Wildman–Crippen MR) is 82.1 cm³/mol. The molecule has 1 aliphatic rings. The highest BCUT2D eigenvalue weighted by Gasteiger charge is 2.56. The second-order valence-corrected chi connectivity index (χ2v) is 6.12. The molecule has 0 radical (unpaired) electrons. The maximum atomic E-state index is 12.5. The number of aromatic hydroxyl groups is 1. The summed E-state index contributed by atoms with van der Waals surface area (Å²) in [6, 6.07) is 5.88. The molecule has 1 aromatic rings. The Bertz CT molecular complexity index is 665. The molecule has 7 heteroatoms. The number of rotatable bonds is 3. The topological polar surface area (TPSA) is 110 Å². The molecular formula is C17H20O7. The van der Waals surface area contributed by atoms with Gasteiger partial charge in [-0.2, -0.15) is 0 Å². The number of ether oxygens (including phenoxy) is 2. The zero-order valence-electron chi connectivity index (χ0n) is 13.7. The molecule has 24 heavy (non-hydrogen) atoms. The first-order valence-corrected chi connectivity index (χ1v) is 7.42. The summed E-state index contributed by atoms with van der Waals surface area (Å²) >= 11 is 0. The van der Waals surface area contributed by atoms with Gasteiger partial charge in [0.15, 0.2) is 5.78 Å². The lowest BCUT2D eigenvalue weighted by Crippen LogP contribution is -2.55. The van der Waals surface area contributed by atoms with E-state index in [9.17, 15) is 24.6 Å². The van der Waals surface area contributed by atoms with Crippen LogP contribution in [0.4, 0.5) is 0 Å². The first kappa shape index (κ1) is 17.9. The van der Waals surface area contributed by atoms with Crippen LogP contribution in [0.1, 0.15) is 24.8 Å². The van der Waals surface area contributed by atoms with Gasteiger partial charge in [0.1, 0.15) is 11.7 Å². The highest BCUT2D eigenvalue weighted by Crippen LogP contribution is 2.47. The van der Waals surface area contributed by atoms with Crippen molar-refractivity contribution >= 4 is 17.7 Å². The first-order valence-electron chi connectivity index (χ1n) is 7.42. The Morgan fingerprint density at radius 3 is 2.38 bits per heavy atom. The number of hydrogen-bond donors (Lipinski definition) is 2. The number of hydrogen-bond acceptors (Lipinski definition) is 7. The molecule has 4 atom stereocenters. The highest BCUT2D eigenvalue weighted by molar-refractivity contribution is 6.02. The van der Waals surface area contributed by atoms with Gasteiger partial charge >= 0.3 is 11.9 Å². The van der Waals surface area contributed by atoms with E-state index in [4.69, 9.17) is 9.47 Å². The average Bonchev–Trinajstić information content (AvgIpc) is 2.52. The molecule has 1 saturated carbocycles. The fraction of sp³-hybridized carbons (Fsp3) is 0.471. The molecular weight excluding hydrogens is 316 g/mol. The van der Waals surface area contributed by atoms with Crippen molar-refractivity contribution in [2.24, 2.45) is 11.8 Å². The quantitative estimate of drug-likeness (QED) is 0.620. The van der Waals surface area contributed by atoms with E-state index in [1.165, 1.54) is 32.2 Å². The number of aliphatic hydroxyl groups is 1. The van der Waals surface area contributed by atoms with Gasteiger partial charge in [0.25, 0.3) is 0 Å². The number of phenolic OH excluding ortho intramolecular Hbond substituents is 1. The second-order valence-electron chi connectivity index (χ2n) is 6.12. The molecule has 0 unspecified atom stereocenters. The van der Waals surface area contributed by atoms with E-state index in [1.54, 1.807) is 6.07 Å². The summed E-state index contributed by atoms with van der Waals surface area (Å²) in [5, 5.41) is 20.4. The van der Waals surface area contributed by atoms with Gasteiger partial charge in [-0.25, -0.2) is 0 Å². The van der Waals surface area contributed by atoms with Crippen LogP contribution in [0.5, 0.6) is 5.75 Å². The van der Waals surface area contributed by atoms with Crippen LogP contribution in [0.25, 0.3) is 0 Å². The van der Waals surface area contributed by atoms with E-state index in [0.29, 0.717) is 5.56 Å². The lowest BCUT2D eigenvalue weighted by Gasteiger charge is -2.43. The number of carbonyl (C=O) groups is 3. The molecule has 1 aromatic carbocycles. The van der Waals surface area contributed by atoms with Crippen LogP contribution in [0.15, 0.2) is 24.3 Å². The molecule has 1 aliphatic carbocycles. The largest absolute Gasteiger partial charge is 0.508 e. The predicted octanol–water partition coefficient (Wildman–Crippen LogP) is 0.778. The van der Waals surface area contributed by atoms with Gasteiger partial charge in [0.2, 0.25) is 0 Å². The fourth-order valence-electron chi connectivity index (χ4n) is 3.40. The van der Waals surface area contributed by atoms with Gasteiger partial charge < -0.3 is 19.7 Å². The Labute approximate surface area is 139 Å². The van der Waals surface area contributed by atoms with Crippen molar-refractivity contribution in [3.8, 4) is 5.75 Å². The summed E-state index contributed by atoms with van der Waals surface area (Å²) in [5.41, 5.74) is -1.32. The molecule has 2 rings (SSSR count). The molecule has 0 aliphatic heterocycles. The molecule has 1 fully saturated rings. The van der Waals surface area contributed by atoms with Crippen molar-refractivity contribution in [1.29, 1.82) is 0 Å². The number of benzene rings is 1. The summed E-state index contributed by atoms with van der Waals surface area (Å²) in [4.78, 5) is 36.9. The minimum atomic E-state index is -1.69. The lowest BCUT2D eigenvalue weighted by molar-refractivity contribution is -0.170. The van der Waals surface area contributed by atoms with E-state index in [1.807, 2.05) is 0 Å². The molecule has 0 amide bonds. The Morgan fingerprint density at radius 2 is 1.83 bits per heavy atom. The minimum Gasteiger partial charge on any atom is -0.508 e. The van der Waals surface area contributed by atoms with E-state index in [2.05, 4.69) is 0 Å². The van der Waals surface area contributed by atoms with Crippen LogP contribution < -0.4 is 0 Å². The van der Waals surface area contributed by atoms with Crippen molar-refractivity contribution in [1.82, 2.24) is 0 Å². The smallest absolute Gasteiger partial charge is 0.316 e. The van der Waals surface area contributed by atoms with Gasteiger partial charge in [0, 0.05) is 12.3 Å². The van der Waals surface area contributed by atoms with Gasteiger partial charge in [-0.05, 0) is 24.6 Å². The monoisotopic (exact) mass is 336 g/mol. The zero-order valence-corrected chi connectivity index (χ0v) is 13.7. The summed E-state index contributed by atoms with van der Waals surface area (Å²) < 4.78 is 9.50. The SMILES string of the molecule is COC(=O)[C@H]1C(=O)C[C@](C)(O)[C@@H](C(=O)OC)[C@H]1c1cccc(O)c1. The Hall–Kier alpha value is -2.41. The zero-order chi connectivity index (χ0) is 18.1. The maximum Gasteiger partial charge on any atom is 0.316 e. The van der Waals surface area contributed by atoms with Crippen molar-refractivity contribution in [3.63, 3.8) is 0 Å². The molecule has 7 nitrogen and oxygen atoms in total. The van der Waals surface area contributed by atoms with Crippen LogP contribution in [0.2, 0.25) is 0 Å². The molecule has 130 valence electrons. The molecule has 0 aromatic heterocycles. The van der Waals surface area contributed by atoms with Crippen LogP contribution in [0.3, 0.4) is 0 Å². The number of methoxy groups -OCH3 is 2. The van der Waals surface area contributed by atoms with Crippen LogP contribution >= 0.6 is 0 Å². The average molecular weight is 336 g/mol. The standard InChI is InChI=1S/C17H20O7/c1-17(22)8-11(19)13(15(20)23-2)12(14(17)16(21)24-3)9-5-4-6-10(18)7-9/h4-7,12-14,18,22H,8H2,1-3H3/t12-,13-,14+,17-/m0/s1. The Balaban J connectivity index is 2.65. The number of esters is 2. The molecule has 2 N–H and O–H groups in total. The van der Waals surface area contributed by atoms with Crippen LogP contribution in [0, 0.1) is 11.8 Å². The van der Waals surface area contributed by atoms with Crippen LogP contribution in [-0.4, -0.2) is 47.8 Å². The normalized spacial score (nSPS) is 29.8. The lowest BCUT2D eigenvalue weighted by atomic mass is 9.61. The summed E-state index contributed by atoms with van der Waals surface area (Å²) in [5.74, 6) is -5.58. The van der Waals surface area contributed by atoms with Crippen molar-refractivity contribution in [3.05, 3.63) is 29.8 Å². The van der Waals surface area contributed by atoms with Gasteiger partial charge in [-0.1, -0.05) is 12.1 Å². The Kier molecular flexibility index (Phi) is 4.94. The third-order valence-electron chi connectivity index (χ3n) is 4.43. The molecule has 0 saturated heterocycles. The van der Waals surface area contributed by atoms with Crippen LogP contribution in [-0.2, 0) is 23.9 Å². The summed E-state index contributed by atoms with van der Waals surface area (Å²) in [7, 11) is 2.32. The van der Waals surface area contributed by atoms with Gasteiger partial charge in [-0.3, -0.25) is 14.4 Å². The Morgan fingerprint density at radius 1 is 1.21 bits per heavy atom. The third-order valence-corrected chi connectivity index (χ3v) is 4.43. The molecule has 0 bridgehead atoms. The summed E-state index contributed by atoms with van der Waals surface area (Å²) in [6.45, 7) is 1.36. The first-order chi connectivity index (χ1) is 11.2. The highest BCUT2D eigenvalue weighted by atomic mass is 16.5. The number of carbonyl (C=O) groups excluding carboxylic acids is 3. The molecule has 0 spiro atoms. The fourth-order valence-corrected chi connectivity index (χ4v) is 3.40. The van der Waals surface area contributed by atoms with Gasteiger partial charge in [-0.15, -0.1) is 0 Å². The number of phenols is 1. The van der Waals surface area contributed by atoms with Crippen molar-refractivity contribution in [2.45, 2.75) is 24.9 Å². The van der Waals surface area contributed by atoms with Crippen molar-refractivity contribution in [2.75, 3.05) is 14.2 Å². The second kappa shape index (κ2) is 6.60. The van der Waals surface area contributed by atoms with E-state index >= 15 is 0 Å². The maximum absolute atomic E-state index is 12.5. The third kappa shape index (κ3) is 3.12. The van der Waals surface area contributed by atoms with E-state index in [0.717, 1.165) is 7.11 Å². The van der Waals surface area contributed by atoms with E-state index in [-0.39, 0.29) is 12.2 Å². The minimum absolute atomic E-state index is 0.0857.